The van der Waals surface area contributed by atoms with E-state index in [9.17, 15) is 22.8 Å². The molecule has 0 bridgehead atoms. The molecule has 5 rings (SSSR count). The minimum absolute atomic E-state index is 0.0253. The average molecular weight is 561 g/mol. The van der Waals surface area contributed by atoms with Crippen LogP contribution in [0.5, 0.6) is 0 Å². The van der Waals surface area contributed by atoms with Gasteiger partial charge in [0.25, 0.3) is 5.91 Å². The summed E-state index contributed by atoms with van der Waals surface area (Å²) in [6, 6.07) is 8.18. The van der Waals surface area contributed by atoms with Gasteiger partial charge in [0, 0.05) is 25.2 Å². The second kappa shape index (κ2) is 12.2. The van der Waals surface area contributed by atoms with Crippen LogP contribution in [-0.4, -0.2) is 51.5 Å². The molecule has 214 valence electrons. The van der Waals surface area contributed by atoms with Crippen LogP contribution in [0.1, 0.15) is 66.9 Å². The molecule has 2 saturated carbocycles. The Morgan fingerprint density at radius 2 is 1.82 bits per heavy atom. The van der Waals surface area contributed by atoms with Crippen molar-refractivity contribution >= 4 is 17.8 Å². The maximum absolute atomic E-state index is 13.7. The normalized spacial score (nSPS) is 16.2. The van der Waals surface area contributed by atoms with E-state index in [2.05, 4.69) is 20.6 Å². The number of para-hydroxylation sites is 1. The summed E-state index contributed by atoms with van der Waals surface area (Å²) in [6.45, 7) is 0.535. The van der Waals surface area contributed by atoms with E-state index in [-0.39, 0.29) is 43.4 Å². The SMILES string of the molecule is O=C(NCCN(C(=O)C1CCCCC1)c1nnc(COCC2CC2)o1)c1cn(-c2ccccc2)nc1C(F)(F)F. The quantitative estimate of drug-likeness (QED) is 0.366. The van der Waals surface area contributed by atoms with Gasteiger partial charge in [-0.05, 0) is 43.7 Å². The number of carbonyl (C=O) groups excluding carboxylic acids is 2. The standard InChI is InChI=1S/C27H31F3N6O4/c28-27(29,30)23-21(15-36(34-23)20-9-5-2-6-10-20)24(37)31-13-14-35(25(38)19-7-3-1-4-8-19)26-33-32-22(40-26)17-39-16-18-11-12-18/h2,5-6,9-10,15,18-19H,1,3-4,7-8,11-14,16-17H2,(H,31,37). The van der Waals surface area contributed by atoms with Crippen molar-refractivity contribution in [2.24, 2.45) is 11.8 Å². The number of halogens is 3. The van der Waals surface area contributed by atoms with Crippen LogP contribution in [0.15, 0.2) is 40.9 Å². The zero-order valence-electron chi connectivity index (χ0n) is 21.9. The summed E-state index contributed by atoms with van der Waals surface area (Å²) in [4.78, 5) is 27.6. The molecule has 0 radical (unpaired) electrons. The van der Waals surface area contributed by atoms with Gasteiger partial charge in [0.2, 0.25) is 11.8 Å². The van der Waals surface area contributed by atoms with Gasteiger partial charge < -0.3 is 14.5 Å². The van der Waals surface area contributed by atoms with Crippen LogP contribution >= 0.6 is 0 Å². The van der Waals surface area contributed by atoms with Crippen LogP contribution in [0.2, 0.25) is 0 Å². The maximum Gasteiger partial charge on any atom is 0.435 e. The van der Waals surface area contributed by atoms with Crippen LogP contribution in [0.4, 0.5) is 19.2 Å². The van der Waals surface area contributed by atoms with E-state index in [1.807, 2.05) is 0 Å². The van der Waals surface area contributed by atoms with E-state index in [1.54, 1.807) is 30.3 Å². The molecule has 1 N–H and O–H groups in total. The first-order chi connectivity index (χ1) is 19.3. The minimum Gasteiger partial charge on any atom is -0.405 e. The van der Waals surface area contributed by atoms with Crippen LogP contribution in [-0.2, 0) is 22.3 Å². The largest absolute Gasteiger partial charge is 0.435 e. The van der Waals surface area contributed by atoms with E-state index in [4.69, 9.17) is 9.15 Å². The predicted molar refractivity (Wildman–Crippen MR) is 137 cm³/mol. The van der Waals surface area contributed by atoms with Crippen molar-refractivity contribution in [3.05, 3.63) is 53.7 Å². The fraction of sp³-hybridized carbons (Fsp3) is 0.519. The summed E-state index contributed by atoms with van der Waals surface area (Å²) in [6.07, 6.45) is 2.85. The average Bonchev–Trinajstić information content (AvgIpc) is 3.46. The molecule has 2 aliphatic rings. The van der Waals surface area contributed by atoms with Gasteiger partial charge in [-0.1, -0.05) is 42.6 Å². The molecule has 2 fully saturated rings. The number of hydrogen-bond acceptors (Lipinski definition) is 7. The molecule has 0 unspecified atom stereocenters. The van der Waals surface area contributed by atoms with Gasteiger partial charge in [-0.3, -0.25) is 14.5 Å². The summed E-state index contributed by atoms with van der Waals surface area (Å²) in [5.41, 5.74) is -1.53. The molecule has 0 spiro atoms. The lowest BCUT2D eigenvalue weighted by Gasteiger charge is -2.26. The summed E-state index contributed by atoms with van der Waals surface area (Å²) in [5.74, 6) is -0.612. The number of nitrogens with zero attached hydrogens (tertiary/aromatic N) is 5. The van der Waals surface area contributed by atoms with Gasteiger partial charge in [0.05, 0.1) is 17.9 Å². The third-order valence-electron chi connectivity index (χ3n) is 7.05. The number of ether oxygens (including phenoxy) is 1. The highest BCUT2D eigenvalue weighted by atomic mass is 19.4. The van der Waals surface area contributed by atoms with Gasteiger partial charge >= 0.3 is 12.2 Å². The highest BCUT2D eigenvalue weighted by molar-refractivity contribution is 5.96. The molecule has 2 aromatic heterocycles. The smallest absolute Gasteiger partial charge is 0.405 e. The Hall–Kier alpha value is -3.74. The Morgan fingerprint density at radius 3 is 2.52 bits per heavy atom. The molecule has 0 aliphatic heterocycles. The van der Waals surface area contributed by atoms with E-state index in [1.165, 1.54) is 4.90 Å². The first-order valence-electron chi connectivity index (χ1n) is 13.5. The third kappa shape index (κ3) is 6.87. The Bertz CT molecular complexity index is 1300. The molecular weight excluding hydrogens is 529 g/mol. The molecule has 13 heteroatoms. The summed E-state index contributed by atoms with van der Waals surface area (Å²) < 4.78 is 53.4. The van der Waals surface area contributed by atoms with Gasteiger partial charge in [-0.25, -0.2) is 4.68 Å². The number of hydrogen-bond donors (Lipinski definition) is 1. The molecule has 2 amide bonds. The summed E-state index contributed by atoms with van der Waals surface area (Å²) >= 11 is 0. The summed E-state index contributed by atoms with van der Waals surface area (Å²) in [7, 11) is 0. The Labute approximate surface area is 228 Å². The molecular formula is C27H31F3N6O4. The fourth-order valence-corrected chi connectivity index (χ4v) is 4.72. The predicted octanol–water partition coefficient (Wildman–Crippen LogP) is 4.54. The van der Waals surface area contributed by atoms with Crippen molar-refractivity contribution in [3.8, 4) is 5.69 Å². The first-order valence-corrected chi connectivity index (χ1v) is 13.5. The van der Waals surface area contributed by atoms with Gasteiger partial charge in [0.1, 0.15) is 6.61 Å². The number of aromatic nitrogens is 4. The molecule has 0 saturated heterocycles. The van der Waals surface area contributed by atoms with Crippen LogP contribution in [0.25, 0.3) is 5.69 Å². The van der Waals surface area contributed by atoms with E-state index < -0.39 is 23.3 Å². The van der Waals surface area contributed by atoms with Gasteiger partial charge in [-0.2, -0.15) is 18.3 Å². The van der Waals surface area contributed by atoms with Crippen LogP contribution < -0.4 is 10.2 Å². The zero-order chi connectivity index (χ0) is 28.1. The minimum atomic E-state index is -4.84. The van der Waals surface area contributed by atoms with E-state index in [0.717, 1.165) is 55.8 Å². The Kier molecular flexibility index (Phi) is 8.48. The lowest BCUT2D eigenvalue weighted by Crippen LogP contribution is -2.42. The number of anilines is 1. The second-order valence-corrected chi connectivity index (χ2v) is 10.2. The third-order valence-corrected chi connectivity index (χ3v) is 7.05. The molecule has 2 heterocycles. The number of rotatable bonds is 11. The Balaban J connectivity index is 1.28. The first kappa shape index (κ1) is 27.8. The fourth-order valence-electron chi connectivity index (χ4n) is 4.72. The van der Waals surface area contributed by atoms with Crippen LogP contribution in [0.3, 0.4) is 0 Å². The zero-order valence-corrected chi connectivity index (χ0v) is 21.9. The van der Waals surface area contributed by atoms with E-state index in [0.29, 0.717) is 18.2 Å². The van der Waals surface area contributed by atoms with Crippen molar-refractivity contribution in [2.75, 3.05) is 24.6 Å². The molecule has 3 aromatic rings. The molecule has 0 atom stereocenters. The van der Waals surface area contributed by atoms with Crippen molar-refractivity contribution in [1.29, 1.82) is 0 Å². The lowest BCUT2D eigenvalue weighted by molar-refractivity contribution is -0.141. The number of amides is 2. The lowest BCUT2D eigenvalue weighted by atomic mass is 9.88. The summed E-state index contributed by atoms with van der Waals surface area (Å²) in [5, 5.41) is 14.1. The highest BCUT2D eigenvalue weighted by Crippen LogP contribution is 2.32. The number of benzene rings is 1. The van der Waals surface area contributed by atoms with Gasteiger partial charge in [0.15, 0.2) is 5.69 Å². The van der Waals surface area contributed by atoms with E-state index >= 15 is 0 Å². The number of carbonyl (C=O) groups is 2. The van der Waals surface area contributed by atoms with Gasteiger partial charge in [-0.15, -0.1) is 5.10 Å². The second-order valence-electron chi connectivity index (χ2n) is 10.2. The monoisotopic (exact) mass is 560 g/mol. The topological polar surface area (TPSA) is 115 Å². The molecule has 10 nitrogen and oxygen atoms in total. The maximum atomic E-state index is 13.7. The number of nitrogens with one attached hydrogen (secondary N) is 1. The number of alkyl halides is 3. The van der Waals surface area contributed by atoms with Crippen molar-refractivity contribution in [1.82, 2.24) is 25.3 Å². The molecule has 2 aliphatic carbocycles. The van der Waals surface area contributed by atoms with Crippen molar-refractivity contribution in [3.63, 3.8) is 0 Å². The molecule has 40 heavy (non-hydrogen) atoms. The highest BCUT2D eigenvalue weighted by Gasteiger charge is 2.39. The van der Waals surface area contributed by atoms with Crippen molar-refractivity contribution in [2.45, 2.75) is 57.7 Å². The molecule has 1 aromatic carbocycles. The van der Waals surface area contributed by atoms with Crippen LogP contribution in [0, 0.1) is 11.8 Å². The Morgan fingerprint density at radius 1 is 1.07 bits per heavy atom. The van der Waals surface area contributed by atoms with Crippen molar-refractivity contribution < 1.29 is 31.9 Å².